The molecular formula is C13H28N2O. The first-order valence-electron chi connectivity index (χ1n) is 6.67. The molecule has 1 aliphatic rings. The van der Waals surface area contributed by atoms with Crippen LogP contribution >= 0.6 is 0 Å². The van der Waals surface area contributed by atoms with Gasteiger partial charge in [0.1, 0.15) is 0 Å². The Hall–Kier alpha value is -0.120. The van der Waals surface area contributed by atoms with E-state index in [0.717, 1.165) is 6.42 Å². The van der Waals surface area contributed by atoms with E-state index in [1.165, 1.54) is 32.4 Å². The summed E-state index contributed by atoms with van der Waals surface area (Å²) in [4.78, 5) is 2.40. The summed E-state index contributed by atoms with van der Waals surface area (Å²) in [6.07, 6.45) is 4.81. The van der Waals surface area contributed by atoms with Crippen molar-refractivity contribution in [2.75, 3.05) is 26.7 Å². The molecule has 2 atom stereocenters. The highest BCUT2D eigenvalue weighted by Crippen LogP contribution is 2.12. The van der Waals surface area contributed by atoms with Crippen LogP contribution in [0, 0.1) is 5.92 Å². The molecule has 0 bridgehead atoms. The molecule has 0 radical (unpaired) electrons. The fraction of sp³-hybridized carbons (Fsp3) is 1.00. The normalized spacial score (nSPS) is 25.7. The third kappa shape index (κ3) is 5.28. The molecule has 0 aromatic carbocycles. The standard InChI is InChI=1S/C13H28N2O/c1-11(2)9-13(10-16)14-12-5-4-7-15(3)8-6-12/h11-14,16H,4-10H2,1-3H3. The van der Waals surface area contributed by atoms with Gasteiger partial charge in [0.2, 0.25) is 0 Å². The summed E-state index contributed by atoms with van der Waals surface area (Å²) in [6, 6.07) is 0.884. The van der Waals surface area contributed by atoms with Crippen molar-refractivity contribution in [2.45, 2.75) is 51.6 Å². The number of hydrogen-bond donors (Lipinski definition) is 2. The maximum Gasteiger partial charge on any atom is 0.0584 e. The summed E-state index contributed by atoms with van der Waals surface area (Å²) in [5.74, 6) is 0.651. The Morgan fingerprint density at radius 1 is 1.31 bits per heavy atom. The van der Waals surface area contributed by atoms with Gasteiger partial charge in [-0.15, -0.1) is 0 Å². The molecule has 0 saturated carbocycles. The fourth-order valence-corrected chi connectivity index (χ4v) is 2.50. The SMILES string of the molecule is CC(C)CC(CO)NC1CCCN(C)CC1. The molecule has 1 heterocycles. The zero-order valence-electron chi connectivity index (χ0n) is 11.1. The number of likely N-dealkylation sites (tertiary alicyclic amines) is 1. The van der Waals surface area contributed by atoms with Crippen molar-refractivity contribution in [2.24, 2.45) is 5.92 Å². The average Bonchev–Trinajstić information content (AvgIpc) is 2.42. The summed E-state index contributed by atoms with van der Waals surface area (Å²) in [7, 11) is 2.19. The molecule has 0 amide bonds. The first-order valence-corrected chi connectivity index (χ1v) is 6.67. The lowest BCUT2D eigenvalue weighted by Crippen LogP contribution is -2.41. The van der Waals surface area contributed by atoms with Crippen molar-refractivity contribution in [1.29, 1.82) is 0 Å². The van der Waals surface area contributed by atoms with Crippen LogP contribution in [0.4, 0.5) is 0 Å². The predicted molar refractivity (Wildman–Crippen MR) is 68.6 cm³/mol. The molecule has 0 aromatic heterocycles. The minimum atomic E-state index is 0.268. The fourth-order valence-electron chi connectivity index (χ4n) is 2.50. The maximum absolute atomic E-state index is 9.35. The number of aliphatic hydroxyl groups excluding tert-OH is 1. The van der Waals surface area contributed by atoms with E-state index in [9.17, 15) is 5.11 Å². The van der Waals surface area contributed by atoms with Crippen LogP contribution in [0.25, 0.3) is 0 Å². The van der Waals surface area contributed by atoms with Gasteiger partial charge in [-0.1, -0.05) is 13.8 Å². The molecule has 0 spiro atoms. The number of rotatable bonds is 5. The van der Waals surface area contributed by atoms with Crippen molar-refractivity contribution < 1.29 is 5.11 Å². The largest absolute Gasteiger partial charge is 0.395 e. The molecule has 1 rings (SSSR count). The van der Waals surface area contributed by atoms with E-state index < -0.39 is 0 Å². The highest BCUT2D eigenvalue weighted by atomic mass is 16.3. The Morgan fingerprint density at radius 3 is 2.69 bits per heavy atom. The quantitative estimate of drug-likeness (QED) is 0.748. The predicted octanol–water partition coefficient (Wildman–Crippen LogP) is 1.47. The second kappa shape index (κ2) is 7.25. The van der Waals surface area contributed by atoms with E-state index in [-0.39, 0.29) is 12.6 Å². The van der Waals surface area contributed by atoms with Crippen molar-refractivity contribution >= 4 is 0 Å². The minimum absolute atomic E-state index is 0.268. The van der Waals surface area contributed by atoms with E-state index >= 15 is 0 Å². The van der Waals surface area contributed by atoms with Crippen LogP contribution in [-0.2, 0) is 0 Å². The van der Waals surface area contributed by atoms with Crippen molar-refractivity contribution in [3.8, 4) is 0 Å². The molecule has 0 aliphatic carbocycles. The average molecular weight is 228 g/mol. The van der Waals surface area contributed by atoms with Gasteiger partial charge in [0.15, 0.2) is 0 Å². The van der Waals surface area contributed by atoms with Crippen LogP contribution in [-0.4, -0.2) is 48.8 Å². The van der Waals surface area contributed by atoms with Gasteiger partial charge < -0.3 is 15.3 Å². The first-order chi connectivity index (χ1) is 7.61. The van der Waals surface area contributed by atoms with Crippen molar-refractivity contribution in [3.63, 3.8) is 0 Å². The summed E-state index contributed by atoms with van der Waals surface area (Å²) >= 11 is 0. The summed E-state index contributed by atoms with van der Waals surface area (Å²) in [6.45, 7) is 7.09. The second-order valence-electron chi connectivity index (χ2n) is 5.61. The first kappa shape index (κ1) is 13.9. The van der Waals surface area contributed by atoms with Crippen LogP contribution in [0.2, 0.25) is 0 Å². The smallest absolute Gasteiger partial charge is 0.0584 e. The van der Waals surface area contributed by atoms with Gasteiger partial charge in [-0.25, -0.2) is 0 Å². The van der Waals surface area contributed by atoms with Gasteiger partial charge >= 0.3 is 0 Å². The van der Waals surface area contributed by atoms with E-state index in [1.54, 1.807) is 0 Å². The molecule has 3 nitrogen and oxygen atoms in total. The monoisotopic (exact) mass is 228 g/mol. The second-order valence-corrected chi connectivity index (χ2v) is 5.61. The molecule has 16 heavy (non-hydrogen) atoms. The summed E-state index contributed by atoms with van der Waals surface area (Å²) in [5, 5.41) is 13.0. The van der Waals surface area contributed by atoms with Gasteiger partial charge in [0.25, 0.3) is 0 Å². The number of hydrogen-bond acceptors (Lipinski definition) is 3. The zero-order chi connectivity index (χ0) is 12.0. The summed E-state index contributed by atoms with van der Waals surface area (Å²) < 4.78 is 0. The maximum atomic E-state index is 9.35. The van der Waals surface area contributed by atoms with Crippen molar-refractivity contribution in [3.05, 3.63) is 0 Å². The minimum Gasteiger partial charge on any atom is -0.395 e. The van der Waals surface area contributed by atoms with E-state index in [0.29, 0.717) is 12.0 Å². The van der Waals surface area contributed by atoms with Gasteiger partial charge in [-0.05, 0) is 51.7 Å². The van der Waals surface area contributed by atoms with Crippen LogP contribution < -0.4 is 5.32 Å². The zero-order valence-corrected chi connectivity index (χ0v) is 11.1. The number of nitrogens with one attached hydrogen (secondary N) is 1. The Kier molecular flexibility index (Phi) is 6.32. The third-order valence-corrected chi connectivity index (χ3v) is 3.40. The number of aliphatic hydroxyl groups is 1. The van der Waals surface area contributed by atoms with Gasteiger partial charge in [-0.3, -0.25) is 0 Å². The van der Waals surface area contributed by atoms with Gasteiger partial charge in [-0.2, -0.15) is 0 Å². The highest BCUT2D eigenvalue weighted by molar-refractivity contribution is 4.78. The third-order valence-electron chi connectivity index (χ3n) is 3.40. The molecule has 2 unspecified atom stereocenters. The molecule has 1 saturated heterocycles. The van der Waals surface area contributed by atoms with Crippen LogP contribution in [0.5, 0.6) is 0 Å². The van der Waals surface area contributed by atoms with Crippen LogP contribution in [0.1, 0.15) is 39.5 Å². The Bertz CT molecular complexity index is 185. The van der Waals surface area contributed by atoms with Gasteiger partial charge in [0, 0.05) is 12.1 Å². The topological polar surface area (TPSA) is 35.5 Å². The Balaban J connectivity index is 2.32. The molecule has 1 fully saturated rings. The highest BCUT2D eigenvalue weighted by Gasteiger charge is 2.18. The molecule has 0 aromatic rings. The molecule has 96 valence electrons. The van der Waals surface area contributed by atoms with Gasteiger partial charge in [0.05, 0.1) is 6.61 Å². The van der Waals surface area contributed by atoms with Crippen LogP contribution in [0.15, 0.2) is 0 Å². The van der Waals surface area contributed by atoms with E-state index in [4.69, 9.17) is 0 Å². The lowest BCUT2D eigenvalue weighted by molar-refractivity contribution is 0.208. The van der Waals surface area contributed by atoms with Crippen LogP contribution in [0.3, 0.4) is 0 Å². The molecular weight excluding hydrogens is 200 g/mol. The molecule has 1 aliphatic heterocycles. The molecule has 3 heteroatoms. The lowest BCUT2D eigenvalue weighted by Gasteiger charge is -2.24. The van der Waals surface area contributed by atoms with E-state index in [2.05, 4.69) is 31.1 Å². The lowest BCUT2D eigenvalue weighted by atomic mass is 10.0. The Labute approximate surface area is 100 Å². The number of nitrogens with zero attached hydrogens (tertiary/aromatic N) is 1. The van der Waals surface area contributed by atoms with Crippen molar-refractivity contribution in [1.82, 2.24) is 10.2 Å². The Morgan fingerprint density at radius 2 is 2.06 bits per heavy atom. The van der Waals surface area contributed by atoms with E-state index in [1.807, 2.05) is 0 Å². The summed E-state index contributed by atoms with van der Waals surface area (Å²) in [5.41, 5.74) is 0. The molecule has 2 N–H and O–H groups in total.